The Morgan fingerprint density at radius 1 is 1.09 bits per heavy atom. The molecule has 2 unspecified atom stereocenters. The molecule has 0 spiro atoms. The molecule has 1 heterocycles. The summed E-state index contributed by atoms with van der Waals surface area (Å²) in [7, 11) is 3.01. The fraction of sp³-hybridized carbons (Fsp3) is 0.217. The average molecular weight is 477 g/mol. The van der Waals surface area contributed by atoms with Crippen molar-refractivity contribution >= 4 is 53.2 Å². The van der Waals surface area contributed by atoms with E-state index in [9.17, 15) is 24.3 Å². The number of carboxylic acid groups (broad SMARTS) is 1. The van der Waals surface area contributed by atoms with Gasteiger partial charge in [-0.1, -0.05) is 18.2 Å². The standard InChI is InChI=1S/C23H23N3O7.Na.H/c1-26-11-10-19(27)21(22(26)30)25-23(31)24-18(13-20(28)29)14-6-8-15(9-7-14)33-17-5-3-4-16(12-17)32-2;;/h3-12,18,21H,13H2,1-2H3,(H,28,29)(H2,24,25,31);;. The number of carbonyl (C=O) groups excluding carboxylic acids is 3. The SMILES string of the molecule is COc1cccc(Oc2ccc(C(CC(=O)O)NC(=O)NC3C(=O)C=CN(C)C3=O)cc2)c1.[NaH]. The summed E-state index contributed by atoms with van der Waals surface area (Å²) in [5.41, 5.74) is 0.504. The molecule has 2 aromatic rings. The Morgan fingerprint density at radius 2 is 1.76 bits per heavy atom. The van der Waals surface area contributed by atoms with Crippen molar-refractivity contribution in [3.05, 3.63) is 66.4 Å². The van der Waals surface area contributed by atoms with Gasteiger partial charge < -0.3 is 30.1 Å². The zero-order valence-electron chi connectivity index (χ0n) is 18.0. The first-order chi connectivity index (χ1) is 15.8. The van der Waals surface area contributed by atoms with Gasteiger partial charge in [0.25, 0.3) is 5.91 Å². The average Bonchev–Trinajstić information content (AvgIpc) is 2.79. The van der Waals surface area contributed by atoms with Crippen LogP contribution in [-0.2, 0) is 14.4 Å². The molecule has 3 amide bonds. The van der Waals surface area contributed by atoms with Gasteiger partial charge in [0.2, 0.25) is 0 Å². The fourth-order valence-electron chi connectivity index (χ4n) is 3.14. The summed E-state index contributed by atoms with van der Waals surface area (Å²) >= 11 is 0. The number of ether oxygens (including phenoxy) is 2. The molecule has 0 aromatic heterocycles. The molecule has 0 saturated carbocycles. The van der Waals surface area contributed by atoms with E-state index in [0.717, 1.165) is 0 Å². The van der Waals surface area contributed by atoms with E-state index in [2.05, 4.69) is 10.6 Å². The molecule has 11 heteroatoms. The van der Waals surface area contributed by atoms with E-state index < -0.39 is 42.2 Å². The topological polar surface area (TPSA) is 134 Å². The molecule has 0 radical (unpaired) electrons. The van der Waals surface area contributed by atoms with Gasteiger partial charge in [-0.2, -0.15) is 0 Å². The van der Waals surface area contributed by atoms with Crippen LogP contribution in [-0.4, -0.2) is 83.5 Å². The van der Waals surface area contributed by atoms with E-state index in [-0.39, 0.29) is 29.6 Å². The molecular weight excluding hydrogens is 453 g/mol. The number of rotatable bonds is 8. The normalized spacial score (nSPS) is 15.7. The van der Waals surface area contributed by atoms with Crippen LogP contribution in [0.2, 0.25) is 0 Å². The molecular formula is C23H24N3NaO7. The number of amides is 3. The Balaban J connectivity index is 0.00000408. The first-order valence-electron chi connectivity index (χ1n) is 9.96. The monoisotopic (exact) mass is 477 g/mol. The van der Waals surface area contributed by atoms with Gasteiger partial charge in [0.05, 0.1) is 19.6 Å². The van der Waals surface area contributed by atoms with Crippen molar-refractivity contribution in [2.24, 2.45) is 0 Å². The molecule has 0 bridgehead atoms. The summed E-state index contributed by atoms with van der Waals surface area (Å²) in [6, 6.07) is 10.4. The van der Waals surface area contributed by atoms with Crippen LogP contribution < -0.4 is 20.1 Å². The zero-order valence-corrected chi connectivity index (χ0v) is 18.0. The third-order valence-electron chi connectivity index (χ3n) is 4.86. The van der Waals surface area contributed by atoms with Crippen LogP contribution in [0.3, 0.4) is 0 Å². The second kappa shape index (κ2) is 12.2. The number of nitrogens with one attached hydrogen (secondary N) is 2. The van der Waals surface area contributed by atoms with Gasteiger partial charge >= 0.3 is 41.6 Å². The van der Waals surface area contributed by atoms with Crippen molar-refractivity contribution in [3.8, 4) is 17.2 Å². The van der Waals surface area contributed by atoms with E-state index in [1.165, 1.54) is 24.2 Å². The number of likely N-dealkylation sites (N-methyl/N-ethyl adjacent to an activating group) is 1. The van der Waals surface area contributed by atoms with Crippen molar-refractivity contribution in [1.29, 1.82) is 0 Å². The van der Waals surface area contributed by atoms with E-state index >= 15 is 0 Å². The summed E-state index contributed by atoms with van der Waals surface area (Å²) in [6.45, 7) is 0. The number of ketones is 1. The van der Waals surface area contributed by atoms with Gasteiger partial charge in [0.1, 0.15) is 17.2 Å². The quantitative estimate of drug-likeness (QED) is 0.388. The Morgan fingerprint density at radius 3 is 2.41 bits per heavy atom. The minimum absolute atomic E-state index is 0. The van der Waals surface area contributed by atoms with Gasteiger partial charge in [-0.3, -0.25) is 14.4 Å². The van der Waals surface area contributed by atoms with Crippen LogP contribution in [0, 0.1) is 0 Å². The Bertz CT molecular complexity index is 1090. The summed E-state index contributed by atoms with van der Waals surface area (Å²) in [6.07, 6.45) is 2.08. The van der Waals surface area contributed by atoms with E-state index in [4.69, 9.17) is 9.47 Å². The number of hydrogen-bond acceptors (Lipinski definition) is 6. The van der Waals surface area contributed by atoms with Crippen LogP contribution in [0.25, 0.3) is 0 Å². The predicted molar refractivity (Wildman–Crippen MR) is 124 cm³/mol. The van der Waals surface area contributed by atoms with Crippen LogP contribution in [0.1, 0.15) is 18.0 Å². The fourth-order valence-corrected chi connectivity index (χ4v) is 3.14. The third-order valence-corrected chi connectivity index (χ3v) is 4.86. The van der Waals surface area contributed by atoms with Gasteiger partial charge in [-0.25, -0.2) is 4.79 Å². The van der Waals surface area contributed by atoms with Crippen molar-refractivity contribution in [2.45, 2.75) is 18.5 Å². The maximum absolute atomic E-state index is 12.4. The summed E-state index contributed by atoms with van der Waals surface area (Å²) in [5, 5.41) is 14.1. The molecule has 34 heavy (non-hydrogen) atoms. The van der Waals surface area contributed by atoms with E-state index in [1.807, 2.05) is 0 Å². The Labute approximate surface area is 218 Å². The Hall–Kier alpha value is -3.34. The zero-order chi connectivity index (χ0) is 24.0. The van der Waals surface area contributed by atoms with Gasteiger partial charge in [0.15, 0.2) is 11.8 Å². The number of methoxy groups -OCH3 is 1. The predicted octanol–water partition coefficient (Wildman–Crippen LogP) is 1.58. The minimum atomic E-state index is -1.37. The van der Waals surface area contributed by atoms with Gasteiger partial charge in [-0.05, 0) is 29.8 Å². The number of nitrogens with zero attached hydrogens (tertiary/aromatic N) is 1. The first-order valence-corrected chi connectivity index (χ1v) is 9.96. The second-order valence-electron chi connectivity index (χ2n) is 7.22. The number of benzene rings is 2. The number of urea groups is 1. The molecule has 174 valence electrons. The second-order valence-corrected chi connectivity index (χ2v) is 7.22. The van der Waals surface area contributed by atoms with E-state index in [1.54, 1.807) is 55.6 Å². The molecule has 0 saturated heterocycles. The third kappa shape index (κ3) is 7.08. The van der Waals surface area contributed by atoms with Crippen LogP contribution in [0.4, 0.5) is 4.79 Å². The summed E-state index contributed by atoms with van der Waals surface area (Å²) in [5.74, 6) is -0.600. The van der Waals surface area contributed by atoms with Gasteiger partial charge in [0, 0.05) is 25.4 Å². The molecule has 1 aliphatic rings. The molecule has 0 aliphatic carbocycles. The van der Waals surface area contributed by atoms with Crippen molar-refractivity contribution in [2.75, 3.05) is 14.2 Å². The number of carboxylic acids is 1. The van der Waals surface area contributed by atoms with E-state index in [0.29, 0.717) is 22.8 Å². The van der Waals surface area contributed by atoms with Crippen LogP contribution in [0.5, 0.6) is 17.2 Å². The molecule has 0 fully saturated rings. The first kappa shape index (κ1) is 26.9. The maximum atomic E-state index is 12.4. The number of hydrogen-bond donors (Lipinski definition) is 3. The molecule has 2 atom stereocenters. The van der Waals surface area contributed by atoms with Crippen molar-refractivity contribution in [3.63, 3.8) is 0 Å². The molecule has 2 aromatic carbocycles. The molecule has 10 nitrogen and oxygen atoms in total. The molecule has 3 N–H and O–H groups in total. The number of aliphatic carboxylic acids is 1. The van der Waals surface area contributed by atoms with Crippen molar-refractivity contribution < 1.29 is 33.8 Å². The summed E-state index contributed by atoms with van der Waals surface area (Å²) < 4.78 is 10.9. The summed E-state index contributed by atoms with van der Waals surface area (Å²) in [4.78, 5) is 49.0. The van der Waals surface area contributed by atoms with Gasteiger partial charge in [-0.15, -0.1) is 0 Å². The van der Waals surface area contributed by atoms with Crippen molar-refractivity contribution in [1.82, 2.24) is 15.5 Å². The van der Waals surface area contributed by atoms with Crippen LogP contribution in [0.15, 0.2) is 60.8 Å². The number of carbonyl (C=O) groups is 4. The molecule has 1 aliphatic heterocycles. The molecule has 3 rings (SSSR count). The van der Waals surface area contributed by atoms with Crippen LogP contribution >= 0.6 is 0 Å². The Kier molecular flexibility index (Phi) is 9.67.